The highest BCUT2D eigenvalue weighted by atomic mass is 16.7. The summed E-state index contributed by atoms with van der Waals surface area (Å²) in [5.74, 6) is -0.832. The Kier molecular flexibility index (Phi) is 12.6. The fraction of sp³-hybridized carbons (Fsp3) is 0.651. The number of anilines is 1. The highest BCUT2D eigenvalue weighted by molar-refractivity contribution is 6.48. The van der Waals surface area contributed by atoms with E-state index in [9.17, 15) is 24.3 Å². The number of benzene rings is 1. The third-order valence-electron chi connectivity index (χ3n) is 11.6. The number of hydrogen-bond donors (Lipinski definition) is 3. The summed E-state index contributed by atoms with van der Waals surface area (Å²) in [7, 11) is 0.647. The summed E-state index contributed by atoms with van der Waals surface area (Å²) in [6.07, 6.45) is 2.16. The van der Waals surface area contributed by atoms with Gasteiger partial charge in [-0.2, -0.15) is 0 Å². The summed E-state index contributed by atoms with van der Waals surface area (Å²) in [6, 6.07) is 6.71. The molecule has 2 aromatic rings. The van der Waals surface area contributed by atoms with E-state index >= 15 is 0 Å². The van der Waals surface area contributed by atoms with E-state index in [-0.39, 0.29) is 71.8 Å². The number of rotatable bonds is 12. The SMILES string of the molecule is COc1c(C(=O)O)ccc(C(C)(C)C)c1C[C@H](NC(=O)Cc1ccc(N(CCNC(=O)OC(C)(C)C)C(=O)OC(C)(C)C)nc1)B1OC2CC3CC(C3(C)C)C2(C)O1. The standard InChI is InChI=1S/C43H63BN4O10/c1-39(2,3)29-16-15-27(36(50)51)35(54-13)28(29)23-32(44-57-31-22-26-21-30(42(26,10)11)43(31,12)58-44)47-34(49)20-25-14-17-33(46-24-25)48(38(53)56-41(7,8)9)19-18-45-37(52)55-40(4,5)6/h14-17,24,26,30-32H,18-23H2,1-13H3,(H,45,52)(H,47,49)(H,50,51)/t26?,30?,31?,32-,43?/m0/s1. The number of carboxylic acid groups (broad SMARTS) is 1. The predicted molar refractivity (Wildman–Crippen MR) is 220 cm³/mol. The molecule has 2 bridgehead atoms. The van der Waals surface area contributed by atoms with Gasteiger partial charge in [-0.3, -0.25) is 9.69 Å². The normalized spacial score (nSPS) is 22.8. The van der Waals surface area contributed by atoms with Gasteiger partial charge in [-0.05, 0) is 114 Å². The molecule has 1 aromatic heterocycles. The lowest BCUT2D eigenvalue weighted by Crippen LogP contribution is -2.65. The van der Waals surface area contributed by atoms with Crippen molar-refractivity contribution in [2.45, 2.75) is 143 Å². The molecular formula is C43H63BN4O10. The van der Waals surface area contributed by atoms with Crippen molar-refractivity contribution in [1.82, 2.24) is 15.6 Å². The third kappa shape index (κ3) is 9.90. The Hall–Kier alpha value is -4.37. The fourth-order valence-electron chi connectivity index (χ4n) is 8.77. The molecular weight excluding hydrogens is 743 g/mol. The number of nitrogens with one attached hydrogen (secondary N) is 2. The molecule has 3 N–H and O–H groups in total. The number of aromatic nitrogens is 1. The minimum atomic E-state index is -1.12. The van der Waals surface area contributed by atoms with Crippen LogP contribution in [0.1, 0.15) is 123 Å². The fourth-order valence-corrected chi connectivity index (χ4v) is 8.77. The maximum absolute atomic E-state index is 14.0. The van der Waals surface area contributed by atoms with Crippen molar-refractivity contribution in [1.29, 1.82) is 0 Å². The zero-order chi connectivity index (χ0) is 43.2. The molecule has 58 heavy (non-hydrogen) atoms. The van der Waals surface area contributed by atoms with Gasteiger partial charge in [-0.25, -0.2) is 19.4 Å². The van der Waals surface area contributed by atoms with Crippen LogP contribution in [0.3, 0.4) is 0 Å². The Balaban J connectivity index is 1.39. The number of carbonyl (C=O) groups excluding carboxylic acids is 3. The van der Waals surface area contributed by atoms with Crippen LogP contribution >= 0.6 is 0 Å². The van der Waals surface area contributed by atoms with Crippen molar-refractivity contribution < 1.29 is 47.8 Å². The van der Waals surface area contributed by atoms with Crippen LogP contribution in [0.5, 0.6) is 5.75 Å². The largest absolute Gasteiger partial charge is 0.496 e. The zero-order valence-electron chi connectivity index (χ0n) is 36.5. The number of amides is 3. The average Bonchev–Trinajstić information content (AvgIpc) is 3.45. The number of hydrogen-bond acceptors (Lipinski definition) is 10. The molecule has 1 aromatic carbocycles. The molecule has 0 radical (unpaired) electrons. The summed E-state index contributed by atoms with van der Waals surface area (Å²) < 4.78 is 30.3. The molecule has 1 saturated heterocycles. The smallest absolute Gasteiger partial charge is 0.482 e. The van der Waals surface area contributed by atoms with Crippen molar-refractivity contribution in [3.05, 3.63) is 52.7 Å². The lowest BCUT2D eigenvalue weighted by Gasteiger charge is -2.64. The van der Waals surface area contributed by atoms with E-state index in [0.717, 1.165) is 18.4 Å². The van der Waals surface area contributed by atoms with E-state index in [1.165, 1.54) is 18.2 Å². The van der Waals surface area contributed by atoms with Crippen molar-refractivity contribution in [3.8, 4) is 5.75 Å². The van der Waals surface area contributed by atoms with E-state index in [1.807, 2.05) is 26.8 Å². The molecule has 3 amide bonds. The summed E-state index contributed by atoms with van der Waals surface area (Å²) in [5, 5.41) is 16.0. The second-order valence-electron chi connectivity index (χ2n) is 19.7. The molecule has 4 unspecified atom stereocenters. The molecule has 3 aliphatic carbocycles. The Morgan fingerprint density at radius 2 is 1.66 bits per heavy atom. The van der Waals surface area contributed by atoms with Gasteiger partial charge >= 0.3 is 25.3 Å². The van der Waals surface area contributed by atoms with Gasteiger partial charge in [0.2, 0.25) is 5.91 Å². The van der Waals surface area contributed by atoms with Crippen molar-refractivity contribution in [3.63, 3.8) is 0 Å². The molecule has 14 nitrogen and oxygen atoms in total. The third-order valence-corrected chi connectivity index (χ3v) is 11.6. The van der Waals surface area contributed by atoms with Crippen molar-refractivity contribution in [2.75, 3.05) is 25.1 Å². The zero-order valence-corrected chi connectivity index (χ0v) is 36.5. The monoisotopic (exact) mass is 806 g/mol. The Labute approximate surface area is 343 Å². The van der Waals surface area contributed by atoms with Gasteiger partial charge in [-0.1, -0.05) is 46.8 Å². The van der Waals surface area contributed by atoms with Crippen LogP contribution in [0.2, 0.25) is 0 Å². The Bertz CT molecular complexity index is 1870. The van der Waals surface area contributed by atoms with Crippen LogP contribution in [-0.2, 0) is 41.8 Å². The van der Waals surface area contributed by atoms with Crippen molar-refractivity contribution >= 4 is 37.0 Å². The summed E-state index contributed by atoms with van der Waals surface area (Å²) in [6.45, 7) is 23.5. The van der Waals surface area contributed by atoms with Crippen LogP contribution in [0.25, 0.3) is 0 Å². The number of ether oxygens (including phenoxy) is 3. The molecule has 318 valence electrons. The Morgan fingerprint density at radius 1 is 0.983 bits per heavy atom. The van der Waals surface area contributed by atoms with E-state index in [4.69, 9.17) is 23.5 Å². The van der Waals surface area contributed by atoms with E-state index in [1.54, 1.807) is 59.7 Å². The number of carboxylic acids is 1. The molecule has 3 saturated carbocycles. The first-order valence-electron chi connectivity index (χ1n) is 20.2. The maximum Gasteiger partial charge on any atom is 0.482 e. The van der Waals surface area contributed by atoms with E-state index in [2.05, 4.69) is 36.4 Å². The molecule has 4 fully saturated rings. The molecule has 15 heteroatoms. The molecule has 4 aliphatic rings. The van der Waals surface area contributed by atoms with Crippen LogP contribution in [0.15, 0.2) is 30.5 Å². The first kappa shape index (κ1) is 44.7. The number of alkyl carbamates (subject to hydrolysis) is 1. The number of carbonyl (C=O) groups is 4. The van der Waals surface area contributed by atoms with Crippen LogP contribution in [0.4, 0.5) is 15.4 Å². The molecule has 2 heterocycles. The first-order chi connectivity index (χ1) is 26.7. The highest BCUT2D eigenvalue weighted by Gasteiger charge is 2.68. The summed E-state index contributed by atoms with van der Waals surface area (Å²) in [4.78, 5) is 57.8. The van der Waals surface area contributed by atoms with Crippen LogP contribution in [-0.4, -0.2) is 90.3 Å². The van der Waals surface area contributed by atoms with Gasteiger partial charge in [0, 0.05) is 24.8 Å². The summed E-state index contributed by atoms with van der Waals surface area (Å²) in [5.41, 5.74) is -0.149. The van der Waals surface area contributed by atoms with Gasteiger partial charge in [0.25, 0.3) is 0 Å². The lowest BCUT2D eigenvalue weighted by molar-refractivity contribution is -0.199. The number of nitrogens with zero attached hydrogens (tertiary/aromatic N) is 2. The second kappa shape index (κ2) is 16.4. The highest BCUT2D eigenvalue weighted by Crippen LogP contribution is 2.65. The lowest BCUT2D eigenvalue weighted by atomic mass is 9.43. The second-order valence-corrected chi connectivity index (χ2v) is 19.7. The molecule has 5 atom stereocenters. The Morgan fingerprint density at radius 3 is 2.21 bits per heavy atom. The topological polar surface area (TPSA) is 175 Å². The van der Waals surface area contributed by atoms with Gasteiger partial charge in [0.05, 0.1) is 31.2 Å². The minimum absolute atomic E-state index is 0.0271. The average molecular weight is 807 g/mol. The minimum Gasteiger partial charge on any atom is -0.496 e. The molecule has 1 aliphatic heterocycles. The first-order valence-corrected chi connectivity index (χ1v) is 20.2. The number of methoxy groups -OCH3 is 1. The number of pyridine rings is 1. The van der Waals surface area contributed by atoms with Crippen LogP contribution in [0, 0.1) is 17.3 Å². The van der Waals surface area contributed by atoms with Crippen LogP contribution < -0.4 is 20.3 Å². The van der Waals surface area contributed by atoms with E-state index < -0.39 is 48.0 Å². The van der Waals surface area contributed by atoms with Gasteiger partial charge in [0.1, 0.15) is 28.3 Å². The molecule has 0 spiro atoms. The van der Waals surface area contributed by atoms with Crippen molar-refractivity contribution in [2.24, 2.45) is 17.3 Å². The molecule has 6 rings (SSSR count). The van der Waals surface area contributed by atoms with Gasteiger partial charge in [-0.15, -0.1) is 0 Å². The maximum atomic E-state index is 14.0. The van der Waals surface area contributed by atoms with Gasteiger partial charge in [0.15, 0.2) is 0 Å². The number of aromatic carboxylic acids is 1. The van der Waals surface area contributed by atoms with Gasteiger partial charge < -0.3 is 39.3 Å². The van der Waals surface area contributed by atoms with E-state index in [0.29, 0.717) is 17.0 Å². The quantitative estimate of drug-likeness (QED) is 0.191. The summed E-state index contributed by atoms with van der Waals surface area (Å²) >= 11 is 0. The predicted octanol–water partition coefficient (Wildman–Crippen LogP) is 6.89.